The maximum atomic E-state index is 11.9. The molecule has 2 N–H and O–H groups in total. The first kappa shape index (κ1) is 18.2. The van der Waals surface area contributed by atoms with Crippen molar-refractivity contribution >= 4 is 15.7 Å². The molecule has 7 heteroatoms. The van der Waals surface area contributed by atoms with Gasteiger partial charge in [0.05, 0.1) is 5.75 Å². The Kier molecular flexibility index (Phi) is 6.57. The minimum Gasteiger partial charge on any atom is -0.492 e. The van der Waals surface area contributed by atoms with Gasteiger partial charge in [-0.1, -0.05) is 17.7 Å². The highest BCUT2D eigenvalue weighted by molar-refractivity contribution is 7.89. The molecular formula is C17H23N3O3S. The van der Waals surface area contributed by atoms with Crippen molar-refractivity contribution in [1.29, 1.82) is 0 Å². The molecule has 1 aromatic heterocycles. The summed E-state index contributed by atoms with van der Waals surface area (Å²) in [4.78, 5) is 4.01. The number of pyridine rings is 1. The number of rotatable bonds is 9. The molecule has 0 aliphatic carbocycles. The fraction of sp³-hybridized carbons (Fsp3) is 0.353. The van der Waals surface area contributed by atoms with E-state index in [0.717, 1.165) is 16.8 Å². The quantitative estimate of drug-likeness (QED) is 0.678. The van der Waals surface area contributed by atoms with Crippen molar-refractivity contribution in [2.75, 3.05) is 30.8 Å². The van der Waals surface area contributed by atoms with E-state index >= 15 is 0 Å². The van der Waals surface area contributed by atoms with E-state index in [-0.39, 0.29) is 12.4 Å². The second-order valence-corrected chi connectivity index (χ2v) is 7.42. The maximum absolute atomic E-state index is 11.9. The summed E-state index contributed by atoms with van der Waals surface area (Å²) in [6.07, 6.45) is 3.46. The maximum Gasteiger partial charge on any atom is 0.215 e. The average Bonchev–Trinajstić information content (AvgIpc) is 2.55. The zero-order valence-corrected chi connectivity index (χ0v) is 14.8. The van der Waals surface area contributed by atoms with Crippen LogP contribution in [0.5, 0.6) is 5.75 Å². The van der Waals surface area contributed by atoms with Gasteiger partial charge in [0.25, 0.3) is 0 Å². The van der Waals surface area contributed by atoms with E-state index in [4.69, 9.17) is 4.74 Å². The Morgan fingerprint density at radius 3 is 2.54 bits per heavy atom. The molecule has 1 aromatic carbocycles. The highest BCUT2D eigenvalue weighted by Gasteiger charge is 2.09. The van der Waals surface area contributed by atoms with E-state index in [1.807, 2.05) is 44.2 Å². The summed E-state index contributed by atoms with van der Waals surface area (Å²) in [7, 11) is -3.35. The molecule has 2 aromatic rings. The van der Waals surface area contributed by atoms with Gasteiger partial charge in [0, 0.05) is 31.2 Å². The number of aromatic nitrogens is 1. The van der Waals surface area contributed by atoms with Gasteiger partial charge in [-0.3, -0.25) is 4.98 Å². The lowest BCUT2D eigenvalue weighted by Crippen LogP contribution is -2.32. The SMILES string of the molecule is Cc1ccc(OCCS(=O)(=O)NCCNc2ccncc2C)cc1. The lowest BCUT2D eigenvalue weighted by molar-refractivity contribution is 0.340. The molecule has 0 atom stereocenters. The van der Waals surface area contributed by atoms with Crippen LogP contribution < -0.4 is 14.8 Å². The number of hydrogen-bond acceptors (Lipinski definition) is 5. The van der Waals surface area contributed by atoms with E-state index in [2.05, 4.69) is 15.0 Å². The third-order valence-electron chi connectivity index (χ3n) is 3.42. The Balaban J connectivity index is 1.68. The zero-order valence-electron chi connectivity index (χ0n) is 14.0. The zero-order chi connectivity index (χ0) is 17.4. The molecule has 0 bridgehead atoms. The third kappa shape index (κ3) is 6.17. The van der Waals surface area contributed by atoms with E-state index < -0.39 is 10.0 Å². The van der Waals surface area contributed by atoms with E-state index in [1.165, 1.54) is 0 Å². The summed E-state index contributed by atoms with van der Waals surface area (Å²) in [5.74, 6) is 0.598. The van der Waals surface area contributed by atoms with Crippen molar-refractivity contribution in [2.45, 2.75) is 13.8 Å². The molecule has 0 spiro atoms. The molecule has 24 heavy (non-hydrogen) atoms. The molecule has 6 nitrogen and oxygen atoms in total. The molecule has 0 unspecified atom stereocenters. The number of nitrogens with one attached hydrogen (secondary N) is 2. The van der Waals surface area contributed by atoms with Crippen molar-refractivity contribution in [1.82, 2.24) is 9.71 Å². The van der Waals surface area contributed by atoms with Crippen LogP contribution in [-0.4, -0.2) is 38.9 Å². The highest BCUT2D eigenvalue weighted by atomic mass is 32.2. The molecule has 0 saturated heterocycles. The molecule has 1 heterocycles. The summed E-state index contributed by atoms with van der Waals surface area (Å²) in [5.41, 5.74) is 3.10. The molecule has 0 saturated carbocycles. The van der Waals surface area contributed by atoms with Crippen LogP contribution in [0, 0.1) is 13.8 Å². The van der Waals surface area contributed by atoms with E-state index in [9.17, 15) is 8.42 Å². The predicted molar refractivity (Wildman–Crippen MR) is 95.9 cm³/mol. The van der Waals surface area contributed by atoms with Crippen LogP contribution in [0.2, 0.25) is 0 Å². The smallest absolute Gasteiger partial charge is 0.215 e. The lowest BCUT2D eigenvalue weighted by atomic mass is 10.2. The molecule has 0 radical (unpaired) electrons. The topological polar surface area (TPSA) is 80.3 Å². The van der Waals surface area contributed by atoms with Crippen molar-refractivity contribution < 1.29 is 13.2 Å². The van der Waals surface area contributed by atoms with Crippen LogP contribution >= 0.6 is 0 Å². The normalized spacial score (nSPS) is 11.2. The van der Waals surface area contributed by atoms with Crippen LogP contribution in [0.25, 0.3) is 0 Å². The van der Waals surface area contributed by atoms with Crippen molar-refractivity contribution in [3.05, 3.63) is 53.9 Å². The molecule has 0 aliphatic rings. The first-order valence-electron chi connectivity index (χ1n) is 7.77. The number of ether oxygens (including phenoxy) is 1. The number of hydrogen-bond donors (Lipinski definition) is 2. The Labute approximate surface area is 143 Å². The number of benzene rings is 1. The summed E-state index contributed by atoms with van der Waals surface area (Å²) in [6, 6.07) is 9.37. The first-order valence-corrected chi connectivity index (χ1v) is 9.43. The van der Waals surface area contributed by atoms with Crippen LogP contribution in [0.4, 0.5) is 5.69 Å². The Morgan fingerprint density at radius 1 is 1.08 bits per heavy atom. The van der Waals surface area contributed by atoms with Crippen molar-refractivity contribution in [3.63, 3.8) is 0 Å². The summed E-state index contributed by atoms with van der Waals surface area (Å²) in [6.45, 7) is 4.87. The number of anilines is 1. The number of sulfonamides is 1. The van der Waals surface area contributed by atoms with Gasteiger partial charge in [-0.15, -0.1) is 0 Å². The fourth-order valence-corrected chi connectivity index (χ4v) is 2.91. The highest BCUT2D eigenvalue weighted by Crippen LogP contribution is 2.11. The molecule has 0 amide bonds. The van der Waals surface area contributed by atoms with Crippen LogP contribution in [0.3, 0.4) is 0 Å². The minimum atomic E-state index is -3.35. The fourth-order valence-electron chi connectivity index (χ4n) is 2.05. The number of aryl methyl sites for hydroxylation is 2. The second kappa shape index (κ2) is 8.65. The summed E-state index contributed by atoms with van der Waals surface area (Å²) < 4.78 is 31.9. The van der Waals surface area contributed by atoms with Crippen LogP contribution in [-0.2, 0) is 10.0 Å². The van der Waals surface area contributed by atoms with Gasteiger partial charge < -0.3 is 10.1 Å². The van der Waals surface area contributed by atoms with Crippen LogP contribution in [0.1, 0.15) is 11.1 Å². The third-order valence-corrected chi connectivity index (χ3v) is 4.77. The van der Waals surface area contributed by atoms with Gasteiger partial charge in [0.1, 0.15) is 12.4 Å². The van der Waals surface area contributed by atoms with Gasteiger partial charge in [0.2, 0.25) is 10.0 Å². The first-order chi connectivity index (χ1) is 11.5. The number of nitrogens with zero attached hydrogens (tertiary/aromatic N) is 1. The lowest BCUT2D eigenvalue weighted by Gasteiger charge is -2.11. The molecule has 0 fully saturated rings. The van der Waals surface area contributed by atoms with E-state index in [0.29, 0.717) is 18.8 Å². The summed E-state index contributed by atoms with van der Waals surface area (Å²) >= 11 is 0. The Bertz CT molecular complexity index is 746. The monoisotopic (exact) mass is 349 g/mol. The minimum absolute atomic E-state index is 0.0742. The van der Waals surface area contributed by atoms with Crippen molar-refractivity contribution in [2.24, 2.45) is 0 Å². The van der Waals surface area contributed by atoms with Crippen LogP contribution in [0.15, 0.2) is 42.7 Å². The molecule has 0 aliphatic heterocycles. The molecule has 2 rings (SSSR count). The van der Waals surface area contributed by atoms with E-state index in [1.54, 1.807) is 12.4 Å². The van der Waals surface area contributed by atoms with Gasteiger partial charge in [-0.2, -0.15) is 0 Å². The Hall–Kier alpha value is -2.12. The standard InChI is InChI=1S/C17H23N3O3S/c1-14-3-5-16(6-4-14)23-11-12-24(21,22)20-10-9-19-17-7-8-18-13-15(17)2/h3-8,13,20H,9-12H2,1-2H3,(H,18,19). The largest absolute Gasteiger partial charge is 0.492 e. The van der Waals surface area contributed by atoms with Gasteiger partial charge >= 0.3 is 0 Å². The predicted octanol–water partition coefficient (Wildman–Crippen LogP) is 2.11. The van der Waals surface area contributed by atoms with Gasteiger partial charge in [0.15, 0.2) is 0 Å². The van der Waals surface area contributed by atoms with Gasteiger partial charge in [-0.25, -0.2) is 13.1 Å². The summed E-state index contributed by atoms with van der Waals surface area (Å²) in [5, 5.41) is 3.17. The second-order valence-electron chi connectivity index (χ2n) is 5.49. The molecular weight excluding hydrogens is 326 g/mol. The molecule has 130 valence electrons. The van der Waals surface area contributed by atoms with Crippen molar-refractivity contribution in [3.8, 4) is 5.75 Å². The average molecular weight is 349 g/mol. The van der Waals surface area contributed by atoms with Gasteiger partial charge in [-0.05, 0) is 37.6 Å². The Morgan fingerprint density at radius 2 is 1.83 bits per heavy atom.